The monoisotopic (exact) mass is 799 g/mol. The quantitative estimate of drug-likeness (QED) is 0.150. The van der Waals surface area contributed by atoms with Crippen LogP contribution in [0.3, 0.4) is 0 Å². The molecule has 11 rings (SSSR count). The highest BCUT2D eigenvalue weighted by molar-refractivity contribution is 7.86. The van der Waals surface area contributed by atoms with Gasteiger partial charge in [-0.15, -0.1) is 11.3 Å². The fourth-order valence-corrected chi connectivity index (χ4v) is 14.1. The van der Waals surface area contributed by atoms with Crippen LogP contribution >= 0.6 is 18.5 Å². The van der Waals surface area contributed by atoms with E-state index in [1.165, 1.54) is 40.5 Å². The van der Waals surface area contributed by atoms with Gasteiger partial charge < -0.3 is 14.2 Å². The summed E-state index contributed by atoms with van der Waals surface area (Å²) < 4.78 is 24.6. The van der Waals surface area contributed by atoms with Gasteiger partial charge in [-0.05, 0) is 89.7 Å². The second-order valence-corrected chi connectivity index (χ2v) is 19.7. The van der Waals surface area contributed by atoms with Gasteiger partial charge in [0.2, 0.25) is 0 Å². The summed E-state index contributed by atoms with van der Waals surface area (Å²) in [6, 6.07) is 68.5. The summed E-state index contributed by atoms with van der Waals surface area (Å²) in [6.45, 7) is 0. The molecule has 9 aromatic rings. The molecule has 0 amide bonds. The molecule has 0 spiro atoms. The Bertz CT molecular complexity index is 2930. The van der Waals surface area contributed by atoms with Crippen molar-refractivity contribution in [1.29, 1.82) is 0 Å². The zero-order chi connectivity index (χ0) is 39.4. The van der Waals surface area contributed by atoms with Crippen LogP contribution in [0.15, 0.2) is 194 Å². The number of rotatable bonds is 7. The first-order chi connectivity index (χ1) is 29.1. The Morgan fingerprint density at radius 1 is 0.508 bits per heavy atom. The molecule has 286 valence electrons. The second kappa shape index (κ2) is 14.6. The molecule has 0 unspecified atom stereocenters. The van der Waals surface area contributed by atoms with Crippen molar-refractivity contribution in [2.24, 2.45) is 0 Å². The van der Waals surface area contributed by atoms with Crippen molar-refractivity contribution >= 4 is 71.6 Å². The van der Waals surface area contributed by atoms with Crippen molar-refractivity contribution in [3.8, 4) is 22.6 Å². The lowest BCUT2D eigenvalue weighted by molar-refractivity contribution is 0.346. The number of fused-ring (bicyclic) bond motifs is 5. The molecule has 0 atom stereocenters. The Morgan fingerprint density at radius 2 is 1.05 bits per heavy atom. The molecule has 0 radical (unpaired) electrons. The van der Waals surface area contributed by atoms with Crippen LogP contribution in [0.5, 0.6) is 11.5 Å². The minimum absolute atomic E-state index is 0.0782. The van der Waals surface area contributed by atoms with Crippen LogP contribution in [-0.4, -0.2) is 0 Å². The third-order valence-electron chi connectivity index (χ3n) is 12.6. The SMILES string of the molecule is O=P(c1ccccc1)(c1ccccc1)c1cc(-c2ccc(C3(c4ccc(N5c6ccccc6Oc6ccccc65)cc4)CCCCC3)cc2)cc2c1sc1ccccc12. The van der Waals surface area contributed by atoms with Crippen LogP contribution in [0, 0.1) is 0 Å². The molecule has 1 aromatic heterocycles. The predicted molar refractivity (Wildman–Crippen MR) is 249 cm³/mol. The first-order valence-corrected chi connectivity index (χ1v) is 23.2. The molecular weight excluding hydrogens is 758 g/mol. The van der Waals surface area contributed by atoms with Crippen LogP contribution in [0.2, 0.25) is 0 Å². The molecule has 1 fully saturated rings. The lowest BCUT2D eigenvalue weighted by Gasteiger charge is -2.39. The third-order valence-corrected chi connectivity index (χ3v) is 17.1. The molecular formula is C54H42NO2PS. The lowest BCUT2D eigenvalue weighted by atomic mass is 9.65. The van der Waals surface area contributed by atoms with Gasteiger partial charge in [-0.25, -0.2) is 0 Å². The number of para-hydroxylation sites is 4. The molecule has 3 nitrogen and oxygen atoms in total. The van der Waals surface area contributed by atoms with E-state index < -0.39 is 7.14 Å². The van der Waals surface area contributed by atoms with E-state index in [2.05, 4.69) is 114 Å². The highest BCUT2D eigenvalue weighted by Gasteiger charge is 2.37. The number of hydrogen-bond acceptors (Lipinski definition) is 4. The summed E-state index contributed by atoms with van der Waals surface area (Å²) in [5.74, 6) is 1.72. The van der Waals surface area contributed by atoms with Gasteiger partial charge in [0.05, 0.1) is 11.4 Å². The maximum Gasteiger partial charge on any atom is 0.172 e. The molecule has 5 heteroatoms. The molecule has 1 aliphatic carbocycles. The third kappa shape index (κ3) is 5.96. The summed E-state index contributed by atoms with van der Waals surface area (Å²) >= 11 is 1.75. The maximum absolute atomic E-state index is 16.0. The number of nitrogens with zero attached hydrogens (tertiary/aromatic N) is 1. The number of benzene rings is 8. The maximum atomic E-state index is 16.0. The molecule has 0 saturated heterocycles. The average Bonchev–Trinajstić information content (AvgIpc) is 3.70. The Hall–Kier alpha value is -6.19. The molecule has 1 aliphatic heterocycles. The summed E-state index contributed by atoms with van der Waals surface area (Å²) in [5, 5.41) is 4.97. The van der Waals surface area contributed by atoms with Gasteiger partial charge in [0.1, 0.15) is 0 Å². The van der Waals surface area contributed by atoms with E-state index >= 15 is 4.57 Å². The van der Waals surface area contributed by atoms with Gasteiger partial charge in [-0.3, -0.25) is 0 Å². The van der Waals surface area contributed by atoms with Gasteiger partial charge in [0.15, 0.2) is 18.6 Å². The molecule has 59 heavy (non-hydrogen) atoms. The number of hydrogen-bond donors (Lipinski definition) is 0. The van der Waals surface area contributed by atoms with Crippen molar-refractivity contribution < 1.29 is 9.30 Å². The van der Waals surface area contributed by atoms with Gasteiger partial charge in [-0.1, -0.05) is 159 Å². The van der Waals surface area contributed by atoms with Crippen molar-refractivity contribution in [2.45, 2.75) is 37.5 Å². The van der Waals surface area contributed by atoms with E-state index in [1.54, 1.807) is 11.3 Å². The fourth-order valence-electron chi connectivity index (χ4n) is 9.71. The zero-order valence-corrected chi connectivity index (χ0v) is 34.3. The zero-order valence-electron chi connectivity index (χ0n) is 32.6. The van der Waals surface area contributed by atoms with Crippen LogP contribution in [0.25, 0.3) is 31.3 Å². The lowest BCUT2D eigenvalue weighted by Crippen LogP contribution is -2.30. The first kappa shape index (κ1) is 35.9. The Balaban J connectivity index is 1.01. The topological polar surface area (TPSA) is 29.5 Å². The fraction of sp³-hybridized carbons (Fsp3) is 0.111. The molecule has 0 N–H and O–H groups in total. The van der Waals surface area contributed by atoms with E-state index in [1.807, 2.05) is 84.9 Å². The summed E-state index contributed by atoms with van der Waals surface area (Å²) in [7, 11) is -3.26. The Kier molecular flexibility index (Phi) is 8.87. The summed E-state index contributed by atoms with van der Waals surface area (Å²) in [5.41, 5.74) is 8.07. The van der Waals surface area contributed by atoms with Crippen molar-refractivity contribution in [3.63, 3.8) is 0 Å². The van der Waals surface area contributed by atoms with Gasteiger partial charge in [0, 0.05) is 47.2 Å². The van der Waals surface area contributed by atoms with Crippen LogP contribution in [0.4, 0.5) is 17.1 Å². The van der Waals surface area contributed by atoms with Crippen LogP contribution < -0.4 is 25.6 Å². The Morgan fingerprint density at radius 3 is 1.68 bits per heavy atom. The van der Waals surface area contributed by atoms with E-state index in [4.69, 9.17) is 4.74 Å². The molecule has 8 aromatic carbocycles. The second-order valence-electron chi connectivity index (χ2n) is 15.9. The minimum Gasteiger partial charge on any atom is -0.453 e. The molecule has 2 aliphatic rings. The number of anilines is 3. The summed E-state index contributed by atoms with van der Waals surface area (Å²) in [6.07, 6.45) is 5.90. The molecule has 1 saturated carbocycles. The van der Waals surface area contributed by atoms with Crippen molar-refractivity contribution in [1.82, 2.24) is 0 Å². The van der Waals surface area contributed by atoms with E-state index in [9.17, 15) is 0 Å². The number of ether oxygens (including phenoxy) is 1. The first-order valence-electron chi connectivity index (χ1n) is 20.6. The van der Waals surface area contributed by atoms with E-state index in [-0.39, 0.29) is 5.41 Å². The van der Waals surface area contributed by atoms with Crippen molar-refractivity contribution in [3.05, 3.63) is 205 Å². The average molecular weight is 800 g/mol. The highest BCUT2D eigenvalue weighted by atomic mass is 32.1. The molecule has 2 heterocycles. The van der Waals surface area contributed by atoms with Gasteiger partial charge in [-0.2, -0.15) is 0 Å². The van der Waals surface area contributed by atoms with E-state index in [0.717, 1.165) is 78.5 Å². The molecule has 0 bridgehead atoms. The standard InChI is InChI=1S/C54H42NO2PS/c56-58(43-16-4-1-5-17-43,44-18-6-2-7-19-44)51-37-39(36-46-45-20-8-13-25-52(45)59-53(46)51)38-26-28-40(29-27-38)54(34-14-3-15-35-54)41-30-32-42(33-31-41)55-47-21-9-11-23-49(47)57-50-24-12-10-22-48(50)55/h1-2,4-13,16-33,36-37H,3,14-15,34-35H2. The van der Waals surface area contributed by atoms with Crippen LogP contribution in [0.1, 0.15) is 43.2 Å². The normalized spacial score (nSPS) is 14.7. The van der Waals surface area contributed by atoms with Gasteiger partial charge in [0.25, 0.3) is 0 Å². The Labute approximate surface area is 349 Å². The summed E-state index contributed by atoms with van der Waals surface area (Å²) in [4.78, 5) is 2.32. The minimum atomic E-state index is -3.26. The van der Waals surface area contributed by atoms with Crippen molar-refractivity contribution in [2.75, 3.05) is 4.90 Å². The van der Waals surface area contributed by atoms with E-state index in [0.29, 0.717) is 0 Å². The largest absolute Gasteiger partial charge is 0.453 e. The highest BCUT2D eigenvalue weighted by Crippen LogP contribution is 2.52. The smallest absolute Gasteiger partial charge is 0.172 e. The number of thiophene rings is 1. The van der Waals surface area contributed by atoms with Gasteiger partial charge >= 0.3 is 0 Å². The van der Waals surface area contributed by atoms with Crippen LogP contribution in [-0.2, 0) is 9.98 Å². The predicted octanol–water partition coefficient (Wildman–Crippen LogP) is 14.2.